The lowest BCUT2D eigenvalue weighted by molar-refractivity contribution is 0.555. The minimum absolute atomic E-state index is 0.250. The first kappa shape index (κ1) is 15.5. The maximum Gasteiger partial charge on any atom is 0.257 e. The maximum atomic E-state index is 12.1. The van der Waals surface area contributed by atoms with Gasteiger partial charge in [0.1, 0.15) is 0 Å². The highest BCUT2D eigenvalue weighted by Gasteiger charge is 2.13. The van der Waals surface area contributed by atoms with Crippen molar-refractivity contribution in [2.75, 3.05) is 0 Å². The average Bonchev–Trinajstić information content (AvgIpc) is 2.38. The number of rotatable bonds is 4. The van der Waals surface area contributed by atoms with Crippen LogP contribution in [0.3, 0.4) is 0 Å². The van der Waals surface area contributed by atoms with Crippen LogP contribution >= 0.6 is 15.9 Å². The fourth-order valence-electron chi connectivity index (χ4n) is 2.11. The van der Waals surface area contributed by atoms with E-state index in [9.17, 15) is 8.42 Å². The number of sulfonamides is 1. The standard InChI is InChI=1S/C14H19BrN2O2S/c15-12-8-10-14(11-9-12)20(18,19)17-16-13-6-4-2-1-3-5-7-13/h6,8-11,16-17H,1-5,7H2. The van der Waals surface area contributed by atoms with Crippen molar-refractivity contribution in [3.05, 3.63) is 40.5 Å². The van der Waals surface area contributed by atoms with Gasteiger partial charge in [0.15, 0.2) is 0 Å². The summed E-state index contributed by atoms with van der Waals surface area (Å²) in [6.45, 7) is 0. The maximum absolute atomic E-state index is 12.1. The highest BCUT2D eigenvalue weighted by atomic mass is 79.9. The zero-order chi connectivity index (χ0) is 14.4. The zero-order valence-electron chi connectivity index (χ0n) is 11.2. The van der Waals surface area contributed by atoms with Gasteiger partial charge in [-0.3, -0.25) is 0 Å². The smallest absolute Gasteiger partial charge is 0.257 e. The quantitative estimate of drug-likeness (QED) is 0.810. The monoisotopic (exact) mass is 358 g/mol. The van der Waals surface area contributed by atoms with Gasteiger partial charge in [0.25, 0.3) is 10.0 Å². The molecule has 1 aliphatic rings. The molecule has 6 heteroatoms. The van der Waals surface area contributed by atoms with Crippen molar-refractivity contribution in [3.8, 4) is 0 Å². The molecule has 110 valence electrons. The molecule has 0 saturated heterocycles. The second-order valence-corrected chi connectivity index (χ2v) is 7.46. The van der Waals surface area contributed by atoms with Crippen molar-refractivity contribution in [2.45, 2.75) is 43.4 Å². The van der Waals surface area contributed by atoms with E-state index in [1.807, 2.05) is 0 Å². The van der Waals surface area contributed by atoms with Gasteiger partial charge in [-0.15, -0.1) is 4.83 Å². The third-order valence-corrected chi connectivity index (χ3v) is 5.05. The van der Waals surface area contributed by atoms with Gasteiger partial charge in [-0.2, -0.15) is 0 Å². The van der Waals surface area contributed by atoms with E-state index >= 15 is 0 Å². The molecule has 0 heterocycles. The van der Waals surface area contributed by atoms with Crippen molar-refractivity contribution >= 4 is 26.0 Å². The van der Waals surface area contributed by atoms with Crippen molar-refractivity contribution in [1.29, 1.82) is 0 Å². The Bertz CT molecular complexity index is 567. The van der Waals surface area contributed by atoms with Gasteiger partial charge < -0.3 is 5.43 Å². The third kappa shape index (κ3) is 4.61. The van der Waals surface area contributed by atoms with E-state index in [1.54, 1.807) is 24.3 Å². The van der Waals surface area contributed by atoms with Crippen LogP contribution in [0, 0.1) is 0 Å². The predicted molar refractivity (Wildman–Crippen MR) is 83.4 cm³/mol. The van der Waals surface area contributed by atoms with E-state index in [2.05, 4.69) is 32.3 Å². The summed E-state index contributed by atoms with van der Waals surface area (Å²) in [5.74, 6) is 0. The third-order valence-electron chi connectivity index (χ3n) is 3.26. The molecule has 0 saturated carbocycles. The summed E-state index contributed by atoms with van der Waals surface area (Å²) in [5.41, 5.74) is 3.82. The first-order chi connectivity index (χ1) is 9.58. The Kier molecular flexibility index (Phi) is 5.63. The van der Waals surface area contributed by atoms with Crippen molar-refractivity contribution in [3.63, 3.8) is 0 Å². The summed E-state index contributed by atoms with van der Waals surface area (Å²) in [5, 5.41) is 0. The Morgan fingerprint density at radius 2 is 1.70 bits per heavy atom. The second-order valence-electron chi connectivity index (χ2n) is 4.87. The van der Waals surface area contributed by atoms with Crippen molar-refractivity contribution in [1.82, 2.24) is 10.3 Å². The number of nitrogens with one attached hydrogen (secondary N) is 2. The molecular weight excluding hydrogens is 340 g/mol. The van der Waals surface area contributed by atoms with E-state index in [0.717, 1.165) is 29.4 Å². The number of benzene rings is 1. The van der Waals surface area contributed by atoms with Crippen LogP contribution in [0.4, 0.5) is 0 Å². The summed E-state index contributed by atoms with van der Waals surface area (Å²) in [6.07, 6.45) is 8.71. The molecule has 0 radical (unpaired) electrons. The fraction of sp³-hybridized carbons (Fsp3) is 0.429. The zero-order valence-corrected chi connectivity index (χ0v) is 13.6. The number of hydrogen-bond acceptors (Lipinski definition) is 3. The molecule has 1 aromatic carbocycles. The first-order valence-electron chi connectivity index (χ1n) is 6.80. The van der Waals surface area contributed by atoms with Crippen LogP contribution in [-0.2, 0) is 10.0 Å². The normalized spacial score (nSPS) is 16.9. The van der Waals surface area contributed by atoms with Gasteiger partial charge in [-0.05, 0) is 49.9 Å². The number of allylic oxidation sites excluding steroid dienone is 2. The Balaban J connectivity index is 1.99. The van der Waals surface area contributed by atoms with E-state index in [0.29, 0.717) is 0 Å². The molecule has 0 spiro atoms. The Labute approximate surface area is 128 Å². The van der Waals surface area contributed by atoms with Gasteiger partial charge in [0, 0.05) is 10.2 Å². The van der Waals surface area contributed by atoms with Gasteiger partial charge in [-0.1, -0.05) is 34.8 Å². The van der Waals surface area contributed by atoms with Crippen molar-refractivity contribution in [2.24, 2.45) is 0 Å². The van der Waals surface area contributed by atoms with Gasteiger partial charge in [0.05, 0.1) is 4.90 Å². The van der Waals surface area contributed by atoms with Crippen LogP contribution in [0.25, 0.3) is 0 Å². The molecule has 0 aliphatic heterocycles. The molecule has 2 rings (SSSR count). The minimum Gasteiger partial charge on any atom is -0.312 e. The molecular formula is C14H19BrN2O2S. The molecule has 0 bridgehead atoms. The summed E-state index contributed by atoms with van der Waals surface area (Å²) in [7, 11) is -3.52. The van der Waals surface area contributed by atoms with E-state index in [-0.39, 0.29) is 4.90 Å². The van der Waals surface area contributed by atoms with Crippen LogP contribution in [0.15, 0.2) is 45.4 Å². The van der Waals surface area contributed by atoms with Crippen LogP contribution in [0.2, 0.25) is 0 Å². The molecule has 2 N–H and O–H groups in total. The first-order valence-corrected chi connectivity index (χ1v) is 9.08. The van der Waals surface area contributed by atoms with Crippen LogP contribution in [0.5, 0.6) is 0 Å². The van der Waals surface area contributed by atoms with E-state index in [4.69, 9.17) is 0 Å². The Morgan fingerprint density at radius 1 is 1.00 bits per heavy atom. The lowest BCUT2D eigenvalue weighted by Crippen LogP contribution is -2.36. The lowest BCUT2D eigenvalue weighted by Gasteiger charge is -2.15. The van der Waals surface area contributed by atoms with Gasteiger partial charge in [0.2, 0.25) is 0 Å². The highest BCUT2D eigenvalue weighted by Crippen LogP contribution is 2.16. The fourth-order valence-corrected chi connectivity index (χ4v) is 3.25. The van der Waals surface area contributed by atoms with Crippen LogP contribution in [-0.4, -0.2) is 8.42 Å². The van der Waals surface area contributed by atoms with Crippen LogP contribution in [0.1, 0.15) is 38.5 Å². The molecule has 4 nitrogen and oxygen atoms in total. The Morgan fingerprint density at radius 3 is 2.45 bits per heavy atom. The van der Waals surface area contributed by atoms with E-state index < -0.39 is 10.0 Å². The largest absolute Gasteiger partial charge is 0.312 e. The predicted octanol–water partition coefficient (Wildman–Crippen LogP) is 3.47. The second kappa shape index (κ2) is 7.24. The topological polar surface area (TPSA) is 58.2 Å². The number of halogens is 1. The molecule has 20 heavy (non-hydrogen) atoms. The SMILES string of the molecule is O=S(=O)(NNC1=CCCCCCC1)c1ccc(Br)cc1. The molecule has 0 fully saturated rings. The Hall–Kier alpha value is -0.850. The van der Waals surface area contributed by atoms with Crippen LogP contribution < -0.4 is 10.3 Å². The van der Waals surface area contributed by atoms with E-state index in [1.165, 1.54) is 19.3 Å². The highest BCUT2D eigenvalue weighted by molar-refractivity contribution is 9.10. The molecule has 0 unspecified atom stereocenters. The lowest BCUT2D eigenvalue weighted by atomic mass is 10.0. The number of hydrazine groups is 1. The summed E-state index contributed by atoms with van der Waals surface area (Å²) < 4.78 is 25.1. The molecule has 1 aromatic rings. The molecule has 1 aliphatic carbocycles. The molecule has 0 amide bonds. The molecule has 0 aromatic heterocycles. The van der Waals surface area contributed by atoms with Crippen molar-refractivity contribution < 1.29 is 8.42 Å². The average molecular weight is 359 g/mol. The molecule has 0 atom stereocenters. The van der Waals surface area contributed by atoms with Gasteiger partial charge in [-0.25, -0.2) is 8.42 Å². The summed E-state index contributed by atoms with van der Waals surface area (Å²) >= 11 is 3.29. The van der Waals surface area contributed by atoms with Gasteiger partial charge >= 0.3 is 0 Å². The minimum atomic E-state index is -3.52. The summed E-state index contributed by atoms with van der Waals surface area (Å²) in [4.78, 5) is 2.70. The summed E-state index contributed by atoms with van der Waals surface area (Å²) in [6, 6.07) is 6.56. The number of hydrogen-bond donors (Lipinski definition) is 2.